The van der Waals surface area contributed by atoms with Crippen molar-refractivity contribution >= 4 is 58.6 Å². The van der Waals surface area contributed by atoms with Gasteiger partial charge in [0.1, 0.15) is 0 Å². The van der Waals surface area contributed by atoms with Gasteiger partial charge in [-0.1, -0.05) is 123 Å². The summed E-state index contributed by atoms with van der Waals surface area (Å²) >= 11 is 1.87. The molecule has 7 aromatic rings. The third kappa shape index (κ3) is 4.06. The molecule has 1 heterocycles. The maximum absolute atomic E-state index is 4.11. The lowest BCUT2D eigenvalue weighted by Gasteiger charge is -2.18. The summed E-state index contributed by atoms with van der Waals surface area (Å²) in [5.41, 5.74) is 7.51. The second-order valence-corrected chi connectivity index (χ2v) is 11.5. The second kappa shape index (κ2) is 10.3. The molecule has 0 amide bonds. The summed E-state index contributed by atoms with van der Waals surface area (Å²) in [6.07, 6.45) is 6.46. The van der Waals surface area contributed by atoms with Crippen LogP contribution in [0.25, 0.3) is 69.5 Å². The van der Waals surface area contributed by atoms with Crippen LogP contribution < -0.4 is 0 Å². The van der Waals surface area contributed by atoms with Crippen molar-refractivity contribution in [3.05, 3.63) is 140 Å². The molecule has 0 spiro atoms. The largest absolute Gasteiger partial charge is 0.135 e. The van der Waals surface area contributed by atoms with Gasteiger partial charge in [0.05, 0.1) is 0 Å². The molecule has 6 aromatic carbocycles. The number of fused-ring (bicyclic) bond motifs is 5. The maximum atomic E-state index is 4.11. The lowest BCUT2D eigenvalue weighted by Crippen LogP contribution is -1.91. The summed E-state index contributed by atoms with van der Waals surface area (Å²) in [5, 5.41) is 7.79. The van der Waals surface area contributed by atoms with Crippen molar-refractivity contribution in [2.75, 3.05) is 0 Å². The minimum atomic E-state index is 1.05. The molecule has 7 rings (SSSR count). The van der Waals surface area contributed by atoms with Crippen LogP contribution in [0.5, 0.6) is 0 Å². The second-order valence-electron chi connectivity index (χ2n) is 10.4. The molecular weight excluding hydrogens is 500 g/mol. The zero-order valence-electron chi connectivity index (χ0n) is 22.7. The van der Waals surface area contributed by atoms with Crippen molar-refractivity contribution in [1.82, 2.24) is 0 Å². The molecule has 1 heteroatoms. The van der Waals surface area contributed by atoms with Crippen LogP contribution in [0.2, 0.25) is 0 Å². The molecule has 0 fully saturated rings. The zero-order chi connectivity index (χ0) is 27.1. The molecule has 0 radical (unpaired) electrons. The summed E-state index contributed by atoms with van der Waals surface area (Å²) in [5.74, 6) is 0. The van der Waals surface area contributed by atoms with Gasteiger partial charge < -0.3 is 0 Å². The number of hydrogen-bond donors (Lipinski definition) is 0. The van der Waals surface area contributed by atoms with Crippen molar-refractivity contribution in [1.29, 1.82) is 0 Å². The van der Waals surface area contributed by atoms with Crippen LogP contribution in [0.1, 0.15) is 25.3 Å². The highest BCUT2D eigenvalue weighted by Crippen LogP contribution is 2.45. The Kier molecular flexibility index (Phi) is 6.30. The summed E-state index contributed by atoms with van der Waals surface area (Å²) in [6.45, 7) is 6.32. The van der Waals surface area contributed by atoms with E-state index in [1.165, 1.54) is 75.1 Å². The Balaban J connectivity index is 1.52. The van der Waals surface area contributed by atoms with Gasteiger partial charge in [-0.25, -0.2) is 0 Å². The standard InChI is InChI=1S/C39H30S/c1-3-5-13-26(4-2)27-14-12-15-28(24-27)38-31-17-6-8-19-33(31)39(34-20-9-7-18-32(34)38)29-22-23-37-35(25-29)30-16-10-11-21-36(30)40-37/h4,6-25H,2-3,5H2,1H3/b26-13+. The van der Waals surface area contributed by atoms with Gasteiger partial charge in [-0.2, -0.15) is 0 Å². The molecule has 40 heavy (non-hydrogen) atoms. The average molecular weight is 531 g/mol. The van der Waals surface area contributed by atoms with Gasteiger partial charge in [0, 0.05) is 20.2 Å². The van der Waals surface area contributed by atoms with Gasteiger partial charge in [-0.15, -0.1) is 11.3 Å². The fraction of sp³-hybridized carbons (Fsp3) is 0.0769. The first-order valence-corrected chi connectivity index (χ1v) is 14.9. The quantitative estimate of drug-likeness (QED) is 0.148. The lowest BCUT2D eigenvalue weighted by atomic mass is 9.85. The van der Waals surface area contributed by atoms with E-state index >= 15 is 0 Å². The Morgan fingerprint density at radius 1 is 0.600 bits per heavy atom. The highest BCUT2D eigenvalue weighted by molar-refractivity contribution is 7.25. The molecule has 0 atom stereocenters. The Morgan fingerprint density at radius 3 is 1.80 bits per heavy atom. The van der Waals surface area contributed by atoms with E-state index in [0.29, 0.717) is 0 Å². The Bertz CT molecular complexity index is 2030. The maximum Gasteiger partial charge on any atom is 0.0355 e. The smallest absolute Gasteiger partial charge is 0.0355 e. The predicted molar refractivity (Wildman–Crippen MR) is 178 cm³/mol. The molecular formula is C39H30S. The number of hydrogen-bond acceptors (Lipinski definition) is 1. The molecule has 1 aromatic heterocycles. The van der Waals surface area contributed by atoms with E-state index in [-0.39, 0.29) is 0 Å². The predicted octanol–water partition coefficient (Wildman–Crippen LogP) is 12.1. The van der Waals surface area contributed by atoms with Gasteiger partial charge >= 0.3 is 0 Å². The number of unbranched alkanes of at least 4 members (excludes halogenated alkanes) is 1. The third-order valence-electron chi connectivity index (χ3n) is 7.95. The minimum absolute atomic E-state index is 1.05. The van der Waals surface area contributed by atoms with E-state index in [1.54, 1.807) is 0 Å². The first-order valence-electron chi connectivity index (χ1n) is 14.1. The van der Waals surface area contributed by atoms with E-state index in [9.17, 15) is 0 Å². The highest BCUT2D eigenvalue weighted by atomic mass is 32.1. The zero-order valence-corrected chi connectivity index (χ0v) is 23.5. The molecule has 0 aliphatic heterocycles. The lowest BCUT2D eigenvalue weighted by molar-refractivity contribution is 0.960. The highest BCUT2D eigenvalue weighted by Gasteiger charge is 2.17. The molecule has 192 valence electrons. The van der Waals surface area contributed by atoms with Crippen LogP contribution in [-0.2, 0) is 0 Å². The molecule has 0 aliphatic carbocycles. The molecule has 0 aliphatic rings. The van der Waals surface area contributed by atoms with Crippen molar-refractivity contribution in [3.8, 4) is 22.3 Å². The molecule has 0 bridgehead atoms. The topological polar surface area (TPSA) is 0 Å². The van der Waals surface area contributed by atoms with Gasteiger partial charge in [0.2, 0.25) is 0 Å². The number of allylic oxidation sites excluding steroid dienone is 3. The van der Waals surface area contributed by atoms with E-state index in [2.05, 4.69) is 135 Å². The summed E-state index contributed by atoms with van der Waals surface area (Å²) in [6, 6.07) is 42.5. The molecule has 0 nitrogen and oxygen atoms in total. The van der Waals surface area contributed by atoms with E-state index in [1.807, 2.05) is 17.4 Å². The fourth-order valence-corrected chi connectivity index (χ4v) is 7.19. The van der Waals surface area contributed by atoms with E-state index in [4.69, 9.17) is 0 Å². The van der Waals surface area contributed by atoms with Crippen molar-refractivity contribution in [2.24, 2.45) is 0 Å². The van der Waals surface area contributed by atoms with Crippen LogP contribution >= 0.6 is 11.3 Å². The van der Waals surface area contributed by atoms with Crippen LogP contribution in [0.3, 0.4) is 0 Å². The van der Waals surface area contributed by atoms with Crippen LogP contribution in [0.15, 0.2) is 134 Å². The number of thiophene rings is 1. The first-order chi connectivity index (χ1) is 19.8. The minimum Gasteiger partial charge on any atom is -0.135 e. The van der Waals surface area contributed by atoms with Crippen molar-refractivity contribution < 1.29 is 0 Å². The first kappa shape index (κ1) is 24.6. The van der Waals surface area contributed by atoms with Gasteiger partial charge in [-0.05, 0) is 85.6 Å². The van der Waals surface area contributed by atoms with Gasteiger partial charge in [0.25, 0.3) is 0 Å². The van der Waals surface area contributed by atoms with E-state index < -0.39 is 0 Å². The van der Waals surface area contributed by atoms with Crippen molar-refractivity contribution in [2.45, 2.75) is 19.8 Å². The monoisotopic (exact) mass is 530 g/mol. The molecule has 0 N–H and O–H groups in total. The summed E-state index contributed by atoms with van der Waals surface area (Å²) in [4.78, 5) is 0. The fourth-order valence-electron chi connectivity index (χ4n) is 6.11. The normalized spacial score (nSPS) is 12.1. The summed E-state index contributed by atoms with van der Waals surface area (Å²) in [7, 11) is 0. The van der Waals surface area contributed by atoms with Crippen molar-refractivity contribution in [3.63, 3.8) is 0 Å². The van der Waals surface area contributed by atoms with Crippen LogP contribution in [0, 0.1) is 0 Å². The average Bonchev–Trinajstić information content (AvgIpc) is 3.38. The Labute approximate surface area is 239 Å². The number of rotatable bonds is 6. The van der Waals surface area contributed by atoms with Gasteiger partial charge in [-0.3, -0.25) is 0 Å². The SMILES string of the molecule is C=C/C(=C\CCC)c1cccc(-c2c3ccccc3c(-c3ccc4sc5ccccc5c4c3)c3ccccc23)c1. The van der Waals surface area contributed by atoms with Crippen LogP contribution in [-0.4, -0.2) is 0 Å². The van der Waals surface area contributed by atoms with Gasteiger partial charge in [0.15, 0.2) is 0 Å². The molecule has 0 saturated carbocycles. The summed E-state index contributed by atoms with van der Waals surface area (Å²) < 4.78 is 2.67. The molecule has 0 unspecified atom stereocenters. The third-order valence-corrected chi connectivity index (χ3v) is 9.11. The molecule has 0 saturated heterocycles. The van der Waals surface area contributed by atoms with E-state index in [0.717, 1.165) is 12.8 Å². The van der Waals surface area contributed by atoms with Crippen LogP contribution in [0.4, 0.5) is 0 Å². The number of benzene rings is 6. The Hall–Kier alpha value is -4.46. The Morgan fingerprint density at radius 2 is 1.18 bits per heavy atom.